The molecule has 3 rings (SSSR count). The summed E-state index contributed by atoms with van der Waals surface area (Å²) >= 11 is 5.94. The van der Waals surface area contributed by atoms with Gasteiger partial charge in [0.15, 0.2) is 0 Å². The number of nitrogens with zero attached hydrogens (tertiary/aromatic N) is 2. The number of aliphatic carboxylic acids is 1. The standard InChI is InChI=1S/C16H12N2O5S2/c1-7(15(22)23)17-14(21)12(25-16(17)24)11-9-5-3-4-6-10(9)18(8(2)19)13(11)20/h3-7H,1-2H3,(H,22,23)/p-1/b12-11+/t7-/m0/s1. The minimum atomic E-state index is -1.45. The Balaban J connectivity index is 2.17. The number of hydrogen-bond acceptors (Lipinski definition) is 7. The van der Waals surface area contributed by atoms with Crippen LogP contribution in [0.4, 0.5) is 5.69 Å². The summed E-state index contributed by atoms with van der Waals surface area (Å²) in [6.45, 7) is 2.53. The Morgan fingerprint density at radius 2 is 1.84 bits per heavy atom. The van der Waals surface area contributed by atoms with Gasteiger partial charge in [0.05, 0.1) is 28.2 Å². The number of fused-ring (bicyclic) bond motifs is 1. The van der Waals surface area contributed by atoms with Crippen LogP contribution in [0.3, 0.4) is 0 Å². The van der Waals surface area contributed by atoms with Crippen molar-refractivity contribution in [2.75, 3.05) is 4.90 Å². The highest BCUT2D eigenvalue weighted by Crippen LogP contribution is 2.44. The van der Waals surface area contributed by atoms with Gasteiger partial charge in [-0.2, -0.15) is 0 Å². The normalized spacial score (nSPS) is 21.0. The zero-order valence-electron chi connectivity index (χ0n) is 13.1. The van der Waals surface area contributed by atoms with Crippen LogP contribution in [0, 0.1) is 0 Å². The largest absolute Gasteiger partial charge is 0.548 e. The van der Waals surface area contributed by atoms with Gasteiger partial charge in [0.2, 0.25) is 5.91 Å². The minimum absolute atomic E-state index is 0.0132. The van der Waals surface area contributed by atoms with Gasteiger partial charge in [0, 0.05) is 12.5 Å². The van der Waals surface area contributed by atoms with Crippen LogP contribution in [0.1, 0.15) is 19.4 Å². The summed E-state index contributed by atoms with van der Waals surface area (Å²) < 4.78 is 0.0238. The van der Waals surface area contributed by atoms with Crippen molar-refractivity contribution in [1.82, 2.24) is 4.90 Å². The Labute approximate surface area is 152 Å². The van der Waals surface area contributed by atoms with Crippen LogP contribution in [0.15, 0.2) is 29.2 Å². The van der Waals surface area contributed by atoms with Crippen molar-refractivity contribution in [1.29, 1.82) is 0 Å². The summed E-state index contributed by atoms with van der Waals surface area (Å²) in [4.78, 5) is 50.3. The number of hydrogen-bond donors (Lipinski definition) is 0. The van der Waals surface area contributed by atoms with Crippen molar-refractivity contribution in [3.05, 3.63) is 34.7 Å². The first-order valence-corrected chi connectivity index (χ1v) is 8.43. The number of thiocarbonyl (C=S) groups is 1. The van der Waals surface area contributed by atoms with Gasteiger partial charge in [-0.1, -0.05) is 42.2 Å². The van der Waals surface area contributed by atoms with Gasteiger partial charge in [0.1, 0.15) is 4.32 Å². The van der Waals surface area contributed by atoms with E-state index in [-0.39, 0.29) is 14.8 Å². The molecule has 3 amide bonds. The number of carbonyl (C=O) groups is 4. The fourth-order valence-corrected chi connectivity index (χ4v) is 4.21. The lowest BCUT2D eigenvalue weighted by atomic mass is 10.1. The zero-order chi connectivity index (χ0) is 18.5. The maximum absolute atomic E-state index is 12.7. The minimum Gasteiger partial charge on any atom is -0.548 e. The number of thioether (sulfide) groups is 1. The fraction of sp³-hybridized carbons (Fsp3) is 0.188. The highest BCUT2D eigenvalue weighted by molar-refractivity contribution is 8.26. The molecule has 1 fully saturated rings. The molecule has 9 heteroatoms. The molecule has 1 aromatic rings. The summed E-state index contributed by atoms with van der Waals surface area (Å²) in [6.07, 6.45) is 0. The monoisotopic (exact) mass is 375 g/mol. The van der Waals surface area contributed by atoms with Crippen LogP contribution < -0.4 is 10.0 Å². The number of carboxylic acid groups (broad SMARTS) is 1. The quantitative estimate of drug-likeness (QED) is 0.541. The molecule has 0 N–H and O–H groups in total. The highest BCUT2D eigenvalue weighted by Gasteiger charge is 2.44. The molecule has 2 aliphatic heterocycles. The van der Waals surface area contributed by atoms with E-state index >= 15 is 0 Å². The lowest BCUT2D eigenvalue weighted by Gasteiger charge is -2.23. The Morgan fingerprint density at radius 3 is 2.44 bits per heavy atom. The van der Waals surface area contributed by atoms with Crippen LogP contribution in [0.2, 0.25) is 0 Å². The average molecular weight is 375 g/mol. The van der Waals surface area contributed by atoms with Crippen molar-refractivity contribution in [2.24, 2.45) is 0 Å². The lowest BCUT2D eigenvalue weighted by molar-refractivity contribution is -0.309. The Hall–Kier alpha value is -2.52. The molecular formula is C16H11N2O5S2-. The molecule has 1 aromatic carbocycles. The van der Waals surface area contributed by atoms with Crippen LogP contribution in [-0.2, 0) is 19.2 Å². The first-order chi connectivity index (χ1) is 11.8. The van der Waals surface area contributed by atoms with Crippen molar-refractivity contribution >= 4 is 63.3 Å². The third kappa shape index (κ3) is 2.56. The number of para-hydroxylation sites is 1. The second-order valence-corrected chi connectivity index (χ2v) is 7.06. The molecule has 1 atom stereocenters. The maximum Gasteiger partial charge on any atom is 0.267 e. The zero-order valence-corrected chi connectivity index (χ0v) is 14.8. The molecule has 7 nitrogen and oxygen atoms in total. The fourth-order valence-electron chi connectivity index (χ4n) is 2.72. The van der Waals surface area contributed by atoms with Gasteiger partial charge in [-0.15, -0.1) is 0 Å². The maximum atomic E-state index is 12.7. The van der Waals surface area contributed by atoms with Gasteiger partial charge >= 0.3 is 0 Å². The molecule has 0 spiro atoms. The smallest absolute Gasteiger partial charge is 0.267 e. The number of imide groups is 1. The topological polar surface area (TPSA) is 97.8 Å². The summed E-state index contributed by atoms with van der Waals surface area (Å²) in [7, 11) is 0. The Kier molecular flexibility index (Phi) is 4.21. The van der Waals surface area contributed by atoms with Crippen molar-refractivity contribution in [3.8, 4) is 0 Å². The number of benzene rings is 1. The average Bonchev–Trinajstić information content (AvgIpc) is 2.99. The molecular weight excluding hydrogens is 364 g/mol. The molecule has 1 saturated heterocycles. The molecule has 0 aliphatic carbocycles. The van der Waals surface area contributed by atoms with E-state index in [0.29, 0.717) is 11.3 Å². The van der Waals surface area contributed by atoms with E-state index in [1.165, 1.54) is 13.8 Å². The van der Waals surface area contributed by atoms with Crippen molar-refractivity contribution < 1.29 is 24.3 Å². The summed E-state index contributed by atoms with van der Waals surface area (Å²) in [5, 5.41) is 11.1. The molecule has 0 saturated carbocycles. The molecule has 128 valence electrons. The van der Waals surface area contributed by atoms with Gasteiger partial charge in [0.25, 0.3) is 11.8 Å². The predicted octanol–water partition coefficient (Wildman–Crippen LogP) is 0.289. The van der Waals surface area contributed by atoms with Gasteiger partial charge in [-0.3, -0.25) is 19.3 Å². The molecule has 2 aliphatic rings. The van der Waals surface area contributed by atoms with Crippen LogP contribution in [0.25, 0.3) is 5.57 Å². The molecule has 0 bridgehead atoms. The molecule has 25 heavy (non-hydrogen) atoms. The molecule has 0 aromatic heterocycles. The first kappa shape index (κ1) is 17.3. The van der Waals surface area contributed by atoms with Crippen LogP contribution in [0.5, 0.6) is 0 Å². The van der Waals surface area contributed by atoms with E-state index in [1.807, 2.05) is 0 Å². The number of carbonyl (C=O) groups excluding carboxylic acids is 4. The van der Waals surface area contributed by atoms with Crippen LogP contribution >= 0.6 is 24.0 Å². The van der Waals surface area contributed by atoms with Crippen LogP contribution in [-0.4, -0.2) is 39.0 Å². The second kappa shape index (κ2) is 6.08. The molecule has 0 unspecified atom stereocenters. The SMILES string of the molecule is CC(=O)N1C(=O)/C(=C2/SC(=S)N([C@@H](C)C(=O)[O-])C2=O)c2ccccc21. The number of amides is 3. The lowest BCUT2D eigenvalue weighted by Crippen LogP contribution is -2.48. The number of rotatable bonds is 2. The highest BCUT2D eigenvalue weighted by atomic mass is 32.2. The third-order valence-electron chi connectivity index (χ3n) is 3.90. The Morgan fingerprint density at radius 1 is 1.20 bits per heavy atom. The van der Waals surface area contributed by atoms with Crippen molar-refractivity contribution in [2.45, 2.75) is 19.9 Å². The summed E-state index contributed by atoms with van der Waals surface area (Å²) in [5.74, 6) is -3.25. The second-order valence-electron chi connectivity index (χ2n) is 5.42. The van der Waals surface area contributed by atoms with E-state index in [4.69, 9.17) is 12.2 Å². The third-order valence-corrected chi connectivity index (χ3v) is 5.30. The molecule has 2 heterocycles. The Bertz CT molecular complexity index is 892. The van der Waals surface area contributed by atoms with Gasteiger partial charge < -0.3 is 9.90 Å². The predicted molar refractivity (Wildman–Crippen MR) is 93.0 cm³/mol. The number of anilines is 1. The van der Waals surface area contributed by atoms with E-state index in [1.54, 1.807) is 24.3 Å². The van der Waals surface area contributed by atoms with E-state index < -0.39 is 29.7 Å². The van der Waals surface area contributed by atoms with Crippen molar-refractivity contribution in [3.63, 3.8) is 0 Å². The van der Waals surface area contributed by atoms with E-state index in [2.05, 4.69) is 0 Å². The van der Waals surface area contributed by atoms with Gasteiger partial charge in [-0.25, -0.2) is 4.90 Å². The number of carboxylic acids is 1. The first-order valence-electron chi connectivity index (χ1n) is 7.20. The summed E-state index contributed by atoms with van der Waals surface area (Å²) in [5.41, 5.74) is 0.869. The van der Waals surface area contributed by atoms with E-state index in [9.17, 15) is 24.3 Å². The van der Waals surface area contributed by atoms with Gasteiger partial charge in [-0.05, 0) is 13.0 Å². The molecule has 0 radical (unpaired) electrons. The summed E-state index contributed by atoms with van der Waals surface area (Å²) in [6, 6.07) is 5.32. The van der Waals surface area contributed by atoms with E-state index in [0.717, 1.165) is 21.6 Å².